The van der Waals surface area contributed by atoms with Crippen LogP contribution in [0.15, 0.2) is 24.3 Å². The van der Waals surface area contributed by atoms with Gasteiger partial charge in [-0.1, -0.05) is 25.1 Å². The molecule has 1 aromatic carbocycles. The second-order valence-corrected chi connectivity index (χ2v) is 4.78. The van der Waals surface area contributed by atoms with Gasteiger partial charge in [0.2, 0.25) is 0 Å². The van der Waals surface area contributed by atoms with Crippen molar-refractivity contribution in [3.8, 4) is 5.75 Å². The summed E-state index contributed by atoms with van der Waals surface area (Å²) in [6, 6.07) is 8.42. The molecule has 0 radical (unpaired) electrons. The van der Waals surface area contributed by atoms with E-state index in [1.54, 1.807) is 0 Å². The summed E-state index contributed by atoms with van der Waals surface area (Å²) in [5.41, 5.74) is 1.36. The summed E-state index contributed by atoms with van der Waals surface area (Å²) in [5, 5.41) is 6.90. The van der Waals surface area contributed by atoms with Crippen LogP contribution in [0.25, 0.3) is 0 Å². The summed E-state index contributed by atoms with van der Waals surface area (Å²) in [6.07, 6.45) is 2.32. The van der Waals surface area contributed by atoms with Gasteiger partial charge in [-0.3, -0.25) is 0 Å². The third-order valence-electron chi connectivity index (χ3n) is 3.43. The van der Waals surface area contributed by atoms with E-state index in [-0.39, 0.29) is 0 Å². The summed E-state index contributed by atoms with van der Waals surface area (Å²) in [4.78, 5) is 0. The first kappa shape index (κ1) is 13.4. The Morgan fingerprint density at radius 2 is 2.06 bits per heavy atom. The fourth-order valence-electron chi connectivity index (χ4n) is 2.42. The first-order chi connectivity index (χ1) is 8.92. The van der Waals surface area contributed by atoms with Gasteiger partial charge in [-0.25, -0.2) is 0 Å². The number of rotatable bonds is 7. The summed E-state index contributed by atoms with van der Waals surface area (Å²) < 4.78 is 5.68. The van der Waals surface area contributed by atoms with E-state index in [0.717, 1.165) is 45.0 Å². The van der Waals surface area contributed by atoms with Gasteiger partial charge in [0.1, 0.15) is 5.75 Å². The van der Waals surface area contributed by atoms with E-state index in [1.165, 1.54) is 12.0 Å². The second kappa shape index (κ2) is 7.39. The lowest BCUT2D eigenvalue weighted by Crippen LogP contribution is -2.28. The highest BCUT2D eigenvalue weighted by molar-refractivity contribution is 5.37. The molecule has 2 N–H and O–H groups in total. The summed E-state index contributed by atoms with van der Waals surface area (Å²) in [7, 11) is 0. The van der Waals surface area contributed by atoms with E-state index < -0.39 is 0 Å². The SMILES string of the molecule is CCNCCCNCC1CCOc2ccccc21. The zero-order valence-corrected chi connectivity index (χ0v) is 11.2. The number of benzene rings is 1. The molecule has 0 amide bonds. The maximum absolute atomic E-state index is 5.68. The Balaban J connectivity index is 1.74. The van der Waals surface area contributed by atoms with Crippen LogP contribution >= 0.6 is 0 Å². The predicted molar refractivity (Wildman–Crippen MR) is 75.3 cm³/mol. The van der Waals surface area contributed by atoms with Crippen molar-refractivity contribution in [2.24, 2.45) is 0 Å². The van der Waals surface area contributed by atoms with Crippen molar-refractivity contribution < 1.29 is 4.74 Å². The minimum absolute atomic E-state index is 0.606. The molecule has 0 fully saturated rings. The van der Waals surface area contributed by atoms with Crippen LogP contribution < -0.4 is 15.4 Å². The van der Waals surface area contributed by atoms with Crippen molar-refractivity contribution in [3.05, 3.63) is 29.8 Å². The standard InChI is InChI=1S/C15H24N2O/c1-2-16-9-5-10-17-12-13-8-11-18-15-7-4-3-6-14(13)15/h3-4,6-7,13,16-17H,2,5,8-12H2,1H3. The topological polar surface area (TPSA) is 33.3 Å². The zero-order valence-electron chi connectivity index (χ0n) is 11.2. The molecule has 0 aromatic heterocycles. The van der Waals surface area contributed by atoms with Crippen LogP contribution in [-0.4, -0.2) is 32.8 Å². The molecule has 18 heavy (non-hydrogen) atoms. The van der Waals surface area contributed by atoms with Crippen molar-refractivity contribution in [2.75, 3.05) is 32.8 Å². The van der Waals surface area contributed by atoms with Crippen molar-refractivity contribution in [1.82, 2.24) is 10.6 Å². The Morgan fingerprint density at radius 1 is 1.22 bits per heavy atom. The summed E-state index contributed by atoms with van der Waals surface area (Å²) in [5.74, 6) is 1.68. The van der Waals surface area contributed by atoms with E-state index in [1.807, 2.05) is 6.07 Å². The van der Waals surface area contributed by atoms with Gasteiger partial charge < -0.3 is 15.4 Å². The van der Waals surface area contributed by atoms with Crippen LogP contribution in [-0.2, 0) is 0 Å². The molecule has 1 aliphatic heterocycles. The number of ether oxygens (including phenoxy) is 1. The molecular formula is C15H24N2O. The minimum atomic E-state index is 0.606. The Kier molecular flexibility index (Phi) is 5.49. The average Bonchev–Trinajstić information content (AvgIpc) is 2.43. The van der Waals surface area contributed by atoms with Gasteiger partial charge in [-0.2, -0.15) is 0 Å². The van der Waals surface area contributed by atoms with Crippen LogP contribution in [0.2, 0.25) is 0 Å². The molecule has 1 aliphatic rings. The van der Waals surface area contributed by atoms with Gasteiger partial charge in [0.15, 0.2) is 0 Å². The van der Waals surface area contributed by atoms with Crippen LogP contribution in [0.5, 0.6) is 5.75 Å². The molecule has 0 saturated carbocycles. The number of para-hydroxylation sites is 1. The Hall–Kier alpha value is -1.06. The second-order valence-electron chi connectivity index (χ2n) is 4.78. The first-order valence-corrected chi connectivity index (χ1v) is 7.05. The molecule has 100 valence electrons. The predicted octanol–water partition coefficient (Wildman–Crippen LogP) is 2.14. The van der Waals surface area contributed by atoms with E-state index in [2.05, 4.69) is 35.8 Å². The van der Waals surface area contributed by atoms with Gasteiger partial charge in [0, 0.05) is 12.5 Å². The van der Waals surface area contributed by atoms with E-state index in [0.29, 0.717) is 5.92 Å². The van der Waals surface area contributed by atoms with Crippen LogP contribution in [0.3, 0.4) is 0 Å². The van der Waals surface area contributed by atoms with E-state index >= 15 is 0 Å². The van der Waals surface area contributed by atoms with Crippen LogP contribution in [0, 0.1) is 0 Å². The molecule has 0 saturated heterocycles. The van der Waals surface area contributed by atoms with Crippen molar-refractivity contribution >= 4 is 0 Å². The highest BCUT2D eigenvalue weighted by Crippen LogP contribution is 2.32. The number of nitrogens with one attached hydrogen (secondary N) is 2. The average molecular weight is 248 g/mol. The largest absolute Gasteiger partial charge is 0.493 e. The molecule has 1 atom stereocenters. The first-order valence-electron chi connectivity index (χ1n) is 7.05. The molecule has 0 spiro atoms. The molecular weight excluding hydrogens is 224 g/mol. The van der Waals surface area contributed by atoms with Gasteiger partial charge in [-0.05, 0) is 44.1 Å². The lowest BCUT2D eigenvalue weighted by atomic mass is 9.93. The molecule has 0 aliphatic carbocycles. The Labute approximate surface area is 110 Å². The fourth-order valence-corrected chi connectivity index (χ4v) is 2.42. The van der Waals surface area contributed by atoms with Gasteiger partial charge in [0.05, 0.1) is 6.61 Å². The minimum Gasteiger partial charge on any atom is -0.493 e. The molecule has 1 unspecified atom stereocenters. The lowest BCUT2D eigenvalue weighted by molar-refractivity contribution is 0.264. The molecule has 0 bridgehead atoms. The molecule has 1 aromatic rings. The fraction of sp³-hybridized carbons (Fsp3) is 0.600. The monoisotopic (exact) mass is 248 g/mol. The quantitative estimate of drug-likeness (QED) is 0.725. The van der Waals surface area contributed by atoms with Crippen molar-refractivity contribution in [1.29, 1.82) is 0 Å². The Bertz CT molecular complexity index is 354. The van der Waals surface area contributed by atoms with E-state index in [9.17, 15) is 0 Å². The van der Waals surface area contributed by atoms with Crippen molar-refractivity contribution in [3.63, 3.8) is 0 Å². The smallest absolute Gasteiger partial charge is 0.122 e. The van der Waals surface area contributed by atoms with Crippen LogP contribution in [0.4, 0.5) is 0 Å². The highest BCUT2D eigenvalue weighted by Gasteiger charge is 2.20. The summed E-state index contributed by atoms with van der Waals surface area (Å²) in [6.45, 7) is 7.31. The number of fused-ring (bicyclic) bond motifs is 1. The maximum atomic E-state index is 5.68. The normalized spacial score (nSPS) is 18.2. The summed E-state index contributed by atoms with van der Waals surface area (Å²) >= 11 is 0. The Morgan fingerprint density at radius 3 is 2.94 bits per heavy atom. The molecule has 3 nitrogen and oxygen atoms in total. The number of hydrogen-bond acceptors (Lipinski definition) is 3. The van der Waals surface area contributed by atoms with Gasteiger partial charge >= 0.3 is 0 Å². The molecule has 3 heteroatoms. The van der Waals surface area contributed by atoms with E-state index in [4.69, 9.17) is 4.74 Å². The zero-order chi connectivity index (χ0) is 12.6. The number of hydrogen-bond donors (Lipinski definition) is 2. The maximum Gasteiger partial charge on any atom is 0.122 e. The third-order valence-corrected chi connectivity index (χ3v) is 3.43. The van der Waals surface area contributed by atoms with Crippen molar-refractivity contribution in [2.45, 2.75) is 25.7 Å². The highest BCUT2D eigenvalue weighted by atomic mass is 16.5. The van der Waals surface area contributed by atoms with Crippen LogP contribution in [0.1, 0.15) is 31.2 Å². The third kappa shape index (κ3) is 3.72. The lowest BCUT2D eigenvalue weighted by Gasteiger charge is -2.26. The molecule has 2 rings (SSSR count). The molecule has 1 heterocycles. The van der Waals surface area contributed by atoms with Gasteiger partial charge in [0.25, 0.3) is 0 Å². The van der Waals surface area contributed by atoms with Gasteiger partial charge in [-0.15, -0.1) is 0 Å².